The number of Topliss-reactive ketones (excluding diaryl/α,β-unsaturated/α-hetero) is 1. The molecule has 1 aromatic heterocycles. The quantitative estimate of drug-likeness (QED) is 0.745. The van der Waals surface area contributed by atoms with E-state index in [1.54, 1.807) is 30.1 Å². The van der Waals surface area contributed by atoms with Crippen LogP contribution in [-0.4, -0.2) is 41.6 Å². The Kier molecular flexibility index (Phi) is 4.34. The van der Waals surface area contributed by atoms with Gasteiger partial charge in [-0.05, 0) is 13.1 Å². The van der Waals surface area contributed by atoms with Gasteiger partial charge in [-0.2, -0.15) is 13.2 Å². The van der Waals surface area contributed by atoms with Crippen molar-refractivity contribution in [2.24, 2.45) is 7.05 Å². The predicted octanol–water partition coefficient (Wildman–Crippen LogP) is 2.09. The average Bonchev–Trinajstić information content (AvgIpc) is 2.61. The zero-order valence-electron chi connectivity index (χ0n) is 9.79. The Morgan fingerprint density at radius 1 is 1.47 bits per heavy atom. The van der Waals surface area contributed by atoms with Gasteiger partial charge in [-0.25, -0.2) is 0 Å². The van der Waals surface area contributed by atoms with Crippen molar-refractivity contribution in [2.75, 3.05) is 20.1 Å². The number of aromatic nitrogens is 1. The predicted molar refractivity (Wildman–Crippen MR) is 57.9 cm³/mol. The first-order valence-corrected chi connectivity index (χ1v) is 5.18. The minimum atomic E-state index is -4.18. The lowest BCUT2D eigenvalue weighted by Gasteiger charge is -2.16. The van der Waals surface area contributed by atoms with Crippen molar-refractivity contribution < 1.29 is 18.0 Å². The molecule has 0 aliphatic heterocycles. The molecule has 17 heavy (non-hydrogen) atoms. The second kappa shape index (κ2) is 5.35. The molecular weight excluding hydrogens is 233 g/mol. The fraction of sp³-hybridized carbons (Fsp3) is 0.545. The van der Waals surface area contributed by atoms with Crippen molar-refractivity contribution in [1.82, 2.24) is 9.47 Å². The van der Waals surface area contributed by atoms with E-state index in [9.17, 15) is 18.0 Å². The highest BCUT2D eigenvalue weighted by Crippen LogP contribution is 2.19. The zero-order valence-corrected chi connectivity index (χ0v) is 9.79. The number of ketones is 1. The normalized spacial score (nSPS) is 12.1. The largest absolute Gasteiger partial charge is 0.390 e. The molecule has 0 bridgehead atoms. The maximum Gasteiger partial charge on any atom is 0.390 e. The van der Waals surface area contributed by atoms with Crippen molar-refractivity contribution in [3.8, 4) is 0 Å². The molecule has 1 rings (SSSR count). The monoisotopic (exact) mass is 248 g/mol. The fourth-order valence-corrected chi connectivity index (χ4v) is 1.40. The number of likely N-dealkylation sites (N-methyl/N-ethyl adjacent to an activating group) is 1. The van der Waals surface area contributed by atoms with Crippen molar-refractivity contribution >= 4 is 5.78 Å². The lowest BCUT2D eigenvalue weighted by atomic mass is 10.2. The van der Waals surface area contributed by atoms with Gasteiger partial charge in [0.15, 0.2) is 5.78 Å². The van der Waals surface area contributed by atoms with E-state index in [1.165, 1.54) is 11.9 Å². The van der Waals surface area contributed by atoms with E-state index in [0.29, 0.717) is 5.56 Å². The van der Waals surface area contributed by atoms with E-state index in [2.05, 4.69) is 0 Å². The molecule has 0 saturated heterocycles. The zero-order chi connectivity index (χ0) is 13.1. The van der Waals surface area contributed by atoms with Gasteiger partial charge in [0.1, 0.15) is 0 Å². The standard InChI is InChI=1S/C11H15F3N2O/c1-15-5-3-9(7-15)10(17)8-16(2)6-4-11(12,13)14/h3,5,7H,4,6,8H2,1-2H3. The van der Waals surface area contributed by atoms with Crippen LogP contribution in [0.5, 0.6) is 0 Å². The maximum atomic E-state index is 12.0. The molecule has 0 aliphatic rings. The molecule has 0 aromatic carbocycles. The van der Waals surface area contributed by atoms with Gasteiger partial charge in [-0.3, -0.25) is 9.69 Å². The smallest absolute Gasteiger partial charge is 0.357 e. The Bertz CT molecular complexity index is 384. The number of hydrogen-bond acceptors (Lipinski definition) is 2. The molecule has 0 N–H and O–H groups in total. The molecule has 1 heterocycles. The second-order valence-corrected chi connectivity index (χ2v) is 4.09. The lowest BCUT2D eigenvalue weighted by molar-refractivity contribution is -0.137. The van der Waals surface area contributed by atoms with Gasteiger partial charge in [0.2, 0.25) is 0 Å². The SMILES string of the molecule is CN(CCC(F)(F)F)CC(=O)c1ccn(C)c1. The van der Waals surface area contributed by atoms with Gasteiger partial charge >= 0.3 is 6.18 Å². The highest BCUT2D eigenvalue weighted by Gasteiger charge is 2.27. The van der Waals surface area contributed by atoms with E-state index in [-0.39, 0.29) is 18.9 Å². The van der Waals surface area contributed by atoms with Gasteiger partial charge in [-0.15, -0.1) is 0 Å². The minimum absolute atomic E-state index is 0.0000926. The molecule has 1 aromatic rings. The van der Waals surface area contributed by atoms with Gasteiger partial charge in [0.25, 0.3) is 0 Å². The first-order chi connectivity index (χ1) is 7.78. The number of nitrogens with zero attached hydrogens (tertiary/aromatic N) is 2. The molecule has 96 valence electrons. The third-order valence-electron chi connectivity index (χ3n) is 2.34. The molecule has 0 spiro atoms. The Hall–Kier alpha value is -1.30. The molecule has 0 atom stereocenters. The lowest BCUT2D eigenvalue weighted by Crippen LogP contribution is -2.29. The average molecular weight is 248 g/mol. The number of rotatable bonds is 5. The molecule has 0 aliphatic carbocycles. The van der Waals surface area contributed by atoms with Crippen LogP contribution in [0.15, 0.2) is 18.5 Å². The fourth-order valence-electron chi connectivity index (χ4n) is 1.40. The van der Waals surface area contributed by atoms with Crippen LogP contribution in [0, 0.1) is 0 Å². The van der Waals surface area contributed by atoms with Gasteiger partial charge in [0.05, 0.1) is 13.0 Å². The molecule has 0 saturated carbocycles. The van der Waals surface area contributed by atoms with Crippen LogP contribution < -0.4 is 0 Å². The van der Waals surface area contributed by atoms with Crippen LogP contribution in [0.4, 0.5) is 13.2 Å². The Balaban J connectivity index is 2.41. The van der Waals surface area contributed by atoms with Crippen LogP contribution in [0.2, 0.25) is 0 Å². The number of carbonyl (C=O) groups excluding carboxylic acids is 1. The number of aryl methyl sites for hydroxylation is 1. The number of hydrogen-bond donors (Lipinski definition) is 0. The van der Waals surface area contributed by atoms with Crippen LogP contribution in [0.25, 0.3) is 0 Å². The van der Waals surface area contributed by atoms with Crippen molar-refractivity contribution in [2.45, 2.75) is 12.6 Å². The number of carbonyl (C=O) groups is 1. The van der Waals surface area contributed by atoms with Crippen LogP contribution in [0.1, 0.15) is 16.8 Å². The van der Waals surface area contributed by atoms with Gasteiger partial charge in [-0.1, -0.05) is 0 Å². The summed E-state index contributed by atoms with van der Waals surface area (Å²) in [7, 11) is 3.29. The molecule has 3 nitrogen and oxygen atoms in total. The molecule has 0 amide bonds. The Morgan fingerprint density at radius 2 is 2.12 bits per heavy atom. The Labute approximate surface area is 97.8 Å². The number of halogens is 3. The molecule has 6 heteroatoms. The second-order valence-electron chi connectivity index (χ2n) is 4.09. The summed E-state index contributed by atoms with van der Waals surface area (Å²) in [6.45, 7) is -0.165. The topological polar surface area (TPSA) is 25.2 Å². The number of alkyl halides is 3. The summed E-state index contributed by atoms with van der Waals surface area (Å²) in [5.74, 6) is -0.171. The highest BCUT2D eigenvalue weighted by atomic mass is 19.4. The van der Waals surface area contributed by atoms with E-state index in [1.807, 2.05) is 0 Å². The van der Waals surface area contributed by atoms with E-state index >= 15 is 0 Å². The first-order valence-electron chi connectivity index (χ1n) is 5.18. The van der Waals surface area contributed by atoms with Crippen LogP contribution in [0.3, 0.4) is 0 Å². The van der Waals surface area contributed by atoms with Gasteiger partial charge in [0, 0.05) is 31.5 Å². The summed E-state index contributed by atoms with van der Waals surface area (Å²) in [6, 6.07) is 1.65. The first kappa shape index (κ1) is 13.8. The summed E-state index contributed by atoms with van der Waals surface area (Å²) in [5.41, 5.74) is 0.520. The molecule has 0 radical (unpaired) electrons. The van der Waals surface area contributed by atoms with E-state index in [4.69, 9.17) is 0 Å². The third-order valence-corrected chi connectivity index (χ3v) is 2.34. The van der Waals surface area contributed by atoms with E-state index < -0.39 is 12.6 Å². The summed E-state index contributed by atoms with van der Waals surface area (Å²) < 4.78 is 37.6. The highest BCUT2D eigenvalue weighted by molar-refractivity contribution is 5.97. The summed E-state index contributed by atoms with van der Waals surface area (Å²) in [4.78, 5) is 13.0. The van der Waals surface area contributed by atoms with Crippen molar-refractivity contribution in [3.05, 3.63) is 24.0 Å². The third kappa shape index (κ3) is 5.04. The Morgan fingerprint density at radius 3 is 2.59 bits per heavy atom. The molecular formula is C11H15F3N2O. The summed E-state index contributed by atoms with van der Waals surface area (Å²) in [6.07, 6.45) is -1.70. The van der Waals surface area contributed by atoms with Gasteiger partial charge < -0.3 is 4.57 Å². The van der Waals surface area contributed by atoms with Crippen LogP contribution in [-0.2, 0) is 7.05 Å². The van der Waals surface area contributed by atoms with Crippen LogP contribution >= 0.6 is 0 Å². The van der Waals surface area contributed by atoms with Crippen molar-refractivity contribution in [3.63, 3.8) is 0 Å². The minimum Gasteiger partial charge on any atom is -0.357 e. The maximum absolute atomic E-state index is 12.0. The summed E-state index contributed by atoms with van der Waals surface area (Å²) in [5, 5.41) is 0. The van der Waals surface area contributed by atoms with E-state index in [0.717, 1.165) is 0 Å². The summed E-state index contributed by atoms with van der Waals surface area (Å²) >= 11 is 0. The molecule has 0 unspecified atom stereocenters. The van der Waals surface area contributed by atoms with Crippen molar-refractivity contribution in [1.29, 1.82) is 0 Å². The molecule has 0 fully saturated rings.